The third kappa shape index (κ3) is 5.25. The molecule has 1 saturated heterocycles. The third-order valence-electron chi connectivity index (χ3n) is 4.81. The molecular formula is C20H23N5O5S. The molecule has 164 valence electrons. The van der Waals surface area contributed by atoms with Gasteiger partial charge < -0.3 is 5.32 Å². The van der Waals surface area contributed by atoms with Crippen LogP contribution < -0.4 is 10.7 Å². The SMILES string of the molecule is CC(=O)Nc1cccc(/C(C)=N/Nc2ccc(S(=O)(=O)N3CCCC3)cc2[N+](=O)[O-])c1. The minimum atomic E-state index is -3.77. The van der Waals surface area contributed by atoms with Crippen molar-refractivity contribution in [3.05, 3.63) is 58.1 Å². The molecular weight excluding hydrogens is 422 g/mol. The molecule has 0 saturated carbocycles. The van der Waals surface area contributed by atoms with Crippen LogP contribution in [0.25, 0.3) is 0 Å². The summed E-state index contributed by atoms with van der Waals surface area (Å²) < 4.78 is 26.7. The Morgan fingerprint density at radius 1 is 1.13 bits per heavy atom. The molecule has 10 nitrogen and oxygen atoms in total. The second-order valence-corrected chi connectivity index (χ2v) is 9.06. The van der Waals surface area contributed by atoms with Gasteiger partial charge >= 0.3 is 0 Å². The summed E-state index contributed by atoms with van der Waals surface area (Å²) in [5, 5.41) is 18.4. The number of anilines is 2. The molecule has 1 aliphatic rings. The first kappa shape index (κ1) is 22.4. The van der Waals surface area contributed by atoms with Crippen molar-refractivity contribution in [2.24, 2.45) is 5.10 Å². The Morgan fingerprint density at radius 3 is 2.48 bits per heavy atom. The molecule has 2 N–H and O–H groups in total. The number of hydrazone groups is 1. The lowest BCUT2D eigenvalue weighted by molar-refractivity contribution is -0.384. The average molecular weight is 446 g/mol. The van der Waals surface area contributed by atoms with Crippen LogP contribution in [0.2, 0.25) is 0 Å². The van der Waals surface area contributed by atoms with E-state index in [2.05, 4.69) is 15.8 Å². The molecule has 2 aromatic carbocycles. The summed E-state index contributed by atoms with van der Waals surface area (Å²) in [6, 6.07) is 10.7. The summed E-state index contributed by atoms with van der Waals surface area (Å²) in [5.74, 6) is -0.204. The van der Waals surface area contributed by atoms with Gasteiger partial charge in [-0.25, -0.2) is 8.42 Å². The van der Waals surface area contributed by atoms with Crippen LogP contribution in [0.3, 0.4) is 0 Å². The van der Waals surface area contributed by atoms with Crippen LogP contribution in [0.4, 0.5) is 17.1 Å². The molecule has 0 bridgehead atoms. The number of carbonyl (C=O) groups is 1. The van der Waals surface area contributed by atoms with E-state index in [1.807, 2.05) is 0 Å². The van der Waals surface area contributed by atoms with Crippen LogP contribution >= 0.6 is 0 Å². The molecule has 2 aromatic rings. The summed E-state index contributed by atoms with van der Waals surface area (Å²) >= 11 is 0. The number of rotatable bonds is 7. The lowest BCUT2D eigenvalue weighted by Gasteiger charge is -2.15. The highest BCUT2D eigenvalue weighted by atomic mass is 32.2. The summed E-state index contributed by atoms with van der Waals surface area (Å²) in [5.41, 5.74) is 4.16. The fourth-order valence-electron chi connectivity index (χ4n) is 3.23. The van der Waals surface area contributed by atoms with E-state index in [0.29, 0.717) is 30.1 Å². The molecule has 0 aromatic heterocycles. The van der Waals surface area contributed by atoms with Gasteiger partial charge in [-0.3, -0.25) is 20.3 Å². The van der Waals surface area contributed by atoms with Gasteiger partial charge in [-0.05, 0) is 49.6 Å². The predicted octanol–water partition coefficient (Wildman–Crippen LogP) is 3.17. The topological polar surface area (TPSA) is 134 Å². The number of benzene rings is 2. The second kappa shape index (κ2) is 9.23. The minimum absolute atomic E-state index is 0.0720. The van der Waals surface area contributed by atoms with Crippen LogP contribution in [0.5, 0.6) is 0 Å². The number of hydrogen-bond acceptors (Lipinski definition) is 7. The van der Waals surface area contributed by atoms with Crippen molar-refractivity contribution in [2.45, 2.75) is 31.6 Å². The zero-order chi connectivity index (χ0) is 22.6. The molecule has 1 heterocycles. The average Bonchev–Trinajstić information content (AvgIpc) is 3.27. The van der Waals surface area contributed by atoms with Crippen molar-refractivity contribution in [1.82, 2.24) is 4.31 Å². The van der Waals surface area contributed by atoms with Crippen molar-refractivity contribution < 1.29 is 18.1 Å². The minimum Gasteiger partial charge on any atom is -0.326 e. The van der Waals surface area contributed by atoms with Gasteiger partial charge in [0.15, 0.2) is 0 Å². The van der Waals surface area contributed by atoms with E-state index in [9.17, 15) is 23.3 Å². The zero-order valence-corrected chi connectivity index (χ0v) is 18.0. The first-order chi connectivity index (χ1) is 14.7. The number of carbonyl (C=O) groups excluding carboxylic acids is 1. The Balaban J connectivity index is 1.86. The van der Waals surface area contributed by atoms with Crippen LogP contribution in [-0.4, -0.2) is 42.4 Å². The summed E-state index contributed by atoms with van der Waals surface area (Å²) in [7, 11) is -3.77. The summed E-state index contributed by atoms with van der Waals surface area (Å²) in [6.07, 6.45) is 1.55. The largest absolute Gasteiger partial charge is 0.326 e. The summed E-state index contributed by atoms with van der Waals surface area (Å²) in [4.78, 5) is 22.0. The molecule has 0 spiro atoms. The first-order valence-corrected chi connectivity index (χ1v) is 11.1. The lowest BCUT2D eigenvalue weighted by Crippen LogP contribution is -2.27. The standard InChI is InChI=1S/C20H23N5O5S/c1-14(16-6-5-7-17(12-16)21-15(2)26)22-23-19-9-8-18(13-20(19)25(27)28)31(29,30)24-10-3-4-11-24/h5-9,12-13,23H,3-4,10-11H2,1-2H3,(H,21,26)/b22-14+. The van der Waals surface area contributed by atoms with Crippen molar-refractivity contribution in [2.75, 3.05) is 23.8 Å². The second-order valence-electron chi connectivity index (χ2n) is 7.12. The molecule has 0 atom stereocenters. The Morgan fingerprint density at radius 2 is 1.84 bits per heavy atom. The number of nitro groups is 1. The van der Waals surface area contributed by atoms with Gasteiger partial charge in [0.2, 0.25) is 15.9 Å². The molecule has 31 heavy (non-hydrogen) atoms. The highest BCUT2D eigenvalue weighted by molar-refractivity contribution is 7.89. The van der Waals surface area contributed by atoms with E-state index in [1.165, 1.54) is 23.4 Å². The molecule has 0 unspecified atom stereocenters. The van der Waals surface area contributed by atoms with Gasteiger partial charge in [0.05, 0.1) is 15.5 Å². The summed E-state index contributed by atoms with van der Waals surface area (Å²) in [6.45, 7) is 3.94. The van der Waals surface area contributed by atoms with Gasteiger partial charge in [0.1, 0.15) is 5.69 Å². The fourth-order valence-corrected chi connectivity index (χ4v) is 4.77. The molecule has 3 rings (SSSR count). The number of nitro benzene ring substituents is 1. The maximum absolute atomic E-state index is 12.7. The highest BCUT2D eigenvalue weighted by Gasteiger charge is 2.29. The van der Waals surface area contributed by atoms with Gasteiger partial charge in [-0.2, -0.15) is 9.41 Å². The Kier molecular flexibility index (Phi) is 6.66. The molecule has 11 heteroatoms. The van der Waals surface area contributed by atoms with Crippen molar-refractivity contribution >= 4 is 38.7 Å². The number of amides is 1. The quantitative estimate of drug-likeness (QED) is 0.382. The van der Waals surface area contributed by atoms with Gasteiger partial charge in [-0.15, -0.1) is 0 Å². The number of hydrogen-bond donors (Lipinski definition) is 2. The number of nitrogens with zero attached hydrogens (tertiary/aromatic N) is 3. The van der Waals surface area contributed by atoms with Gasteiger partial charge in [0.25, 0.3) is 5.69 Å². The monoisotopic (exact) mass is 445 g/mol. The Bertz CT molecular complexity index is 1140. The normalized spacial score (nSPS) is 15.0. The van der Waals surface area contributed by atoms with Crippen molar-refractivity contribution in [3.63, 3.8) is 0 Å². The maximum atomic E-state index is 12.7. The molecule has 0 aliphatic carbocycles. The van der Waals surface area contributed by atoms with E-state index in [4.69, 9.17) is 0 Å². The predicted molar refractivity (Wildman–Crippen MR) is 118 cm³/mol. The van der Waals surface area contributed by atoms with Crippen molar-refractivity contribution in [3.8, 4) is 0 Å². The molecule has 1 amide bonds. The first-order valence-electron chi connectivity index (χ1n) is 9.65. The van der Waals surface area contributed by atoms with Crippen LogP contribution in [0.15, 0.2) is 52.5 Å². The Hall–Kier alpha value is -3.31. The zero-order valence-electron chi connectivity index (χ0n) is 17.2. The molecule has 1 fully saturated rings. The molecule has 1 aliphatic heterocycles. The maximum Gasteiger partial charge on any atom is 0.295 e. The van der Waals surface area contributed by atoms with Gasteiger partial charge in [0, 0.05) is 31.8 Å². The smallest absolute Gasteiger partial charge is 0.295 e. The fraction of sp³-hybridized carbons (Fsp3) is 0.300. The van der Waals surface area contributed by atoms with Crippen LogP contribution in [0, 0.1) is 10.1 Å². The number of nitrogens with one attached hydrogen (secondary N) is 2. The molecule has 0 radical (unpaired) electrons. The van der Waals surface area contributed by atoms with E-state index in [1.54, 1.807) is 31.2 Å². The number of sulfonamides is 1. The van der Waals surface area contributed by atoms with E-state index >= 15 is 0 Å². The van der Waals surface area contributed by atoms with Crippen molar-refractivity contribution in [1.29, 1.82) is 0 Å². The van der Waals surface area contributed by atoms with E-state index in [0.717, 1.165) is 18.9 Å². The van der Waals surface area contributed by atoms with Crippen LogP contribution in [0.1, 0.15) is 32.3 Å². The van der Waals surface area contributed by atoms with E-state index in [-0.39, 0.29) is 22.2 Å². The third-order valence-corrected chi connectivity index (χ3v) is 6.71. The van der Waals surface area contributed by atoms with Crippen LogP contribution in [-0.2, 0) is 14.8 Å². The van der Waals surface area contributed by atoms with Gasteiger partial charge in [-0.1, -0.05) is 12.1 Å². The Labute approximate surface area is 180 Å². The highest BCUT2D eigenvalue weighted by Crippen LogP contribution is 2.30. The van der Waals surface area contributed by atoms with E-state index < -0.39 is 14.9 Å². The lowest BCUT2D eigenvalue weighted by atomic mass is 10.1.